The van der Waals surface area contributed by atoms with Crippen LogP contribution in [0.3, 0.4) is 0 Å². The lowest BCUT2D eigenvalue weighted by Crippen LogP contribution is -2.10. The lowest BCUT2D eigenvalue weighted by molar-refractivity contribution is 0.475. The number of rotatable bonds is 4. The molecule has 0 fully saturated rings. The lowest BCUT2D eigenvalue weighted by Gasteiger charge is -2.24. The highest BCUT2D eigenvalue weighted by atomic mass is 16.3. The summed E-state index contributed by atoms with van der Waals surface area (Å²) in [7, 11) is 0. The topological polar surface area (TPSA) is 23.5 Å². The van der Waals surface area contributed by atoms with Crippen LogP contribution in [0.5, 0.6) is 5.75 Å². The maximum Gasteiger partial charge on any atom is 0.115 e. The molecule has 0 aliphatic heterocycles. The number of hydrogen-bond donors (Lipinski definition) is 1. The first-order valence-corrected chi connectivity index (χ1v) is 8.44. The number of nitrogens with zero attached hydrogens (tertiary/aromatic N) is 1. The predicted octanol–water partition coefficient (Wildman–Crippen LogP) is 6.43. The number of hydrogen-bond acceptors (Lipinski definition) is 2. The second-order valence-electron chi connectivity index (χ2n) is 6.46. The molecule has 0 amide bonds. The molecule has 126 valence electrons. The van der Waals surface area contributed by atoms with E-state index in [0.717, 1.165) is 22.5 Å². The Hall–Kier alpha value is -3.00. The van der Waals surface area contributed by atoms with E-state index >= 15 is 0 Å². The molecule has 0 radical (unpaired) electrons. The Bertz CT molecular complexity index is 876. The standard InChI is InChI=1S/C23H23NO/c1-17(2)16-24(21-7-5-4-6-8-21)23-14-11-20(15-18(23)3)19-9-12-22(25)13-10-19/h4-16,25H,1-3H3. The summed E-state index contributed by atoms with van der Waals surface area (Å²) in [5, 5.41) is 9.47. The molecule has 0 spiro atoms. The number of allylic oxidation sites excluding steroid dienone is 1. The van der Waals surface area contributed by atoms with Gasteiger partial charge < -0.3 is 10.0 Å². The van der Waals surface area contributed by atoms with Gasteiger partial charge in [-0.25, -0.2) is 0 Å². The van der Waals surface area contributed by atoms with Gasteiger partial charge in [0, 0.05) is 17.6 Å². The molecule has 0 heterocycles. The zero-order chi connectivity index (χ0) is 17.8. The molecule has 0 saturated heterocycles. The van der Waals surface area contributed by atoms with Crippen LogP contribution in [-0.4, -0.2) is 5.11 Å². The van der Waals surface area contributed by atoms with E-state index in [-0.39, 0.29) is 5.75 Å². The molecule has 0 aliphatic carbocycles. The normalized spacial score (nSPS) is 10.4. The van der Waals surface area contributed by atoms with Crippen molar-refractivity contribution in [3.8, 4) is 16.9 Å². The monoisotopic (exact) mass is 329 g/mol. The first-order valence-electron chi connectivity index (χ1n) is 8.44. The van der Waals surface area contributed by atoms with E-state index in [9.17, 15) is 5.11 Å². The van der Waals surface area contributed by atoms with Gasteiger partial charge in [0.15, 0.2) is 0 Å². The Kier molecular flexibility index (Phi) is 4.90. The minimum Gasteiger partial charge on any atom is -0.508 e. The summed E-state index contributed by atoms with van der Waals surface area (Å²) in [4.78, 5) is 2.23. The Morgan fingerprint density at radius 3 is 2.08 bits per heavy atom. The molecule has 0 aliphatic rings. The molecule has 2 heteroatoms. The summed E-state index contributed by atoms with van der Waals surface area (Å²) in [6.45, 7) is 6.35. The minimum atomic E-state index is 0.288. The van der Waals surface area contributed by atoms with Crippen LogP contribution >= 0.6 is 0 Å². The molecule has 0 aromatic heterocycles. The predicted molar refractivity (Wildman–Crippen MR) is 106 cm³/mol. The first kappa shape index (κ1) is 16.8. The Labute approximate surface area is 149 Å². The lowest BCUT2D eigenvalue weighted by atomic mass is 10.0. The summed E-state index contributed by atoms with van der Waals surface area (Å²) in [5.41, 5.74) is 6.99. The third-order valence-electron chi connectivity index (χ3n) is 4.08. The van der Waals surface area contributed by atoms with Crippen molar-refractivity contribution in [2.24, 2.45) is 0 Å². The maximum absolute atomic E-state index is 9.47. The highest BCUT2D eigenvalue weighted by molar-refractivity contribution is 5.74. The van der Waals surface area contributed by atoms with Crippen molar-refractivity contribution >= 4 is 11.4 Å². The van der Waals surface area contributed by atoms with Crippen molar-refractivity contribution in [3.05, 3.63) is 90.1 Å². The van der Waals surface area contributed by atoms with E-state index in [1.807, 2.05) is 18.2 Å². The quantitative estimate of drug-likeness (QED) is 0.596. The van der Waals surface area contributed by atoms with E-state index < -0.39 is 0 Å². The third-order valence-corrected chi connectivity index (χ3v) is 4.08. The van der Waals surface area contributed by atoms with Crippen LogP contribution in [-0.2, 0) is 0 Å². The molecule has 3 aromatic rings. The van der Waals surface area contributed by atoms with E-state index in [1.165, 1.54) is 11.1 Å². The Morgan fingerprint density at radius 1 is 0.840 bits per heavy atom. The van der Waals surface area contributed by atoms with Gasteiger partial charge in [0.2, 0.25) is 0 Å². The van der Waals surface area contributed by atoms with Gasteiger partial charge in [-0.1, -0.05) is 42.0 Å². The van der Waals surface area contributed by atoms with Gasteiger partial charge >= 0.3 is 0 Å². The Morgan fingerprint density at radius 2 is 1.48 bits per heavy atom. The van der Waals surface area contributed by atoms with Crippen molar-refractivity contribution in [1.29, 1.82) is 0 Å². The molecule has 0 bridgehead atoms. The molecule has 0 atom stereocenters. The highest BCUT2D eigenvalue weighted by Gasteiger charge is 2.10. The van der Waals surface area contributed by atoms with Gasteiger partial charge in [-0.3, -0.25) is 0 Å². The fourth-order valence-corrected chi connectivity index (χ4v) is 2.89. The maximum atomic E-state index is 9.47. The molecular weight excluding hydrogens is 306 g/mol. The van der Waals surface area contributed by atoms with Crippen molar-refractivity contribution in [3.63, 3.8) is 0 Å². The number of benzene rings is 3. The average molecular weight is 329 g/mol. The summed E-state index contributed by atoms with van der Waals surface area (Å²) >= 11 is 0. The van der Waals surface area contributed by atoms with Gasteiger partial charge in [-0.15, -0.1) is 0 Å². The van der Waals surface area contributed by atoms with Crippen molar-refractivity contribution in [2.75, 3.05) is 4.90 Å². The second-order valence-corrected chi connectivity index (χ2v) is 6.46. The summed E-state index contributed by atoms with van der Waals surface area (Å²) < 4.78 is 0. The number of anilines is 2. The summed E-state index contributed by atoms with van der Waals surface area (Å²) in [6.07, 6.45) is 2.16. The zero-order valence-corrected chi connectivity index (χ0v) is 14.9. The van der Waals surface area contributed by atoms with Crippen LogP contribution in [0, 0.1) is 6.92 Å². The zero-order valence-electron chi connectivity index (χ0n) is 14.9. The van der Waals surface area contributed by atoms with Crippen LogP contribution in [0.4, 0.5) is 11.4 Å². The fraction of sp³-hybridized carbons (Fsp3) is 0.130. The average Bonchev–Trinajstić information content (AvgIpc) is 2.61. The van der Waals surface area contributed by atoms with Crippen LogP contribution in [0.1, 0.15) is 19.4 Å². The molecule has 25 heavy (non-hydrogen) atoms. The second kappa shape index (κ2) is 7.27. The van der Waals surface area contributed by atoms with Crippen LogP contribution in [0.25, 0.3) is 11.1 Å². The van der Waals surface area contributed by atoms with Crippen LogP contribution in [0.15, 0.2) is 84.6 Å². The summed E-state index contributed by atoms with van der Waals surface area (Å²) in [5.74, 6) is 0.288. The first-order chi connectivity index (χ1) is 12.0. The van der Waals surface area contributed by atoms with E-state index in [1.54, 1.807) is 12.1 Å². The number of phenols is 1. The molecule has 3 aromatic carbocycles. The van der Waals surface area contributed by atoms with Crippen LogP contribution in [0.2, 0.25) is 0 Å². The van der Waals surface area contributed by atoms with E-state index in [4.69, 9.17) is 0 Å². The molecule has 0 saturated carbocycles. The smallest absolute Gasteiger partial charge is 0.115 e. The molecular formula is C23H23NO. The van der Waals surface area contributed by atoms with Crippen molar-refractivity contribution in [2.45, 2.75) is 20.8 Å². The number of aromatic hydroxyl groups is 1. The number of para-hydroxylation sites is 1. The van der Waals surface area contributed by atoms with E-state index in [0.29, 0.717) is 0 Å². The van der Waals surface area contributed by atoms with Crippen molar-refractivity contribution in [1.82, 2.24) is 0 Å². The fourth-order valence-electron chi connectivity index (χ4n) is 2.89. The van der Waals surface area contributed by atoms with Gasteiger partial charge in [-0.2, -0.15) is 0 Å². The molecule has 1 N–H and O–H groups in total. The van der Waals surface area contributed by atoms with Gasteiger partial charge in [0.05, 0.1) is 0 Å². The largest absolute Gasteiger partial charge is 0.508 e. The Balaban J connectivity index is 2.03. The molecule has 3 rings (SSSR count). The van der Waals surface area contributed by atoms with Crippen LogP contribution < -0.4 is 4.90 Å². The highest BCUT2D eigenvalue weighted by Crippen LogP contribution is 2.32. The van der Waals surface area contributed by atoms with E-state index in [2.05, 4.69) is 74.3 Å². The molecule has 2 nitrogen and oxygen atoms in total. The third kappa shape index (κ3) is 3.92. The SMILES string of the molecule is CC(C)=CN(c1ccccc1)c1ccc(-c2ccc(O)cc2)cc1C. The van der Waals surface area contributed by atoms with Crippen molar-refractivity contribution < 1.29 is 5.11 Å². The minimum absolute atomic E-state index is 0.288. The number of aryl methyl sites for hydroxylation is 1. The molecule has 0 unspecified atom stereocenters. The van der Waals surface area contributed by atoms with Gasteiger partial charge in [-0.05, 0) is 73.9 Å². The summed E-state index contributed by atoms with van der Waals surface area (Å²) in [6, 6.07) is 24.2. The number of phenolic OH excluding ortho intramolecular Hbond substituents is 1. The van der Waals surface area contributed by atoms with Gasteiger partial charge in [0.1, 0.15) is 5.75 Å². The van der Waals surface area contributed by atoms with Gasteiger partial charge in [0.25, 0.3) is 0 Å².